The van der Waals surface area contributed by atoms with Gasteiger partial charge in [-0.15, -0.1) is 0 Å². The van der Waals surface area contributed by atoms with Crippen molar-refractivity contribution >= 4 is 0 Å². The molecule has 0 aromatic rings. The molecule has 0 aromatic carbocycles. The number of nitrogens with one attached hydrogen (secondary N) is 1. The van der Waals surface area contributed by atoms with Crippen LogP contribution in [0, 0.1) is 0 Å². The predicted octanol–water partition coefficient (Wildman–Crippen LogP) is 1.11. The normalized spacial score (nSPS) is 19.8. The van der Waals surface area contributed by atoms with Crippen LogP contribution in [0.2, 0.25) is 0 Å². The number of rotatable bonds is 8. The molecular weight excluding hydrogens is 216 g/mol. The summed E-state index contributed by atoms with van der Waals surface area (Å²) < 4.78 is 10.7. The minimum absolute atomic E-state index is 0.438. The summed E-state index contributed by atoms with van der Waals surface area (Å²) in [5.74, 6) is 0. The zero-order valence-electron chi connectivity index (χ0n) is 11.6. The summed E-state index contributed by atoms with van der Waals surface area (Å²) >= 11 is 0. The molecule has 0 radical (unpaired) electrons. The molecular formula is C13H28N2O2. The van der Waals surface area contributed by atoms with Crippen LogP contribution in [-0.2, 0) is 9.47 Å². The van der Waals surface area contributed by atoms with Crippen LogP contribution in [0.4, 0.5) is 0 Å². The smallest absolute Gasteiger partial charge is 0.0628 e. The lowest BCUT2D eigenvalue weighted by Gasteiger charge is -2.33. The average Bonchev–Trinajstić information content (AvgIpc) is 2.37. The van der Waals surface area contributed by atoms with Crippen molar-refractivity contribution in [2.24, 2.45) is 0 Å². The van der Waals surface area contributed by atoms with Crippen molar-refractivity contribution in [2.45, 2.75) is 38.3 Å². The Morgan fingerprint density at radius 2 is 2.12 bits per heavy atom. The highest BCUT2D eigenvalue weighted by Crippen LogP contribution is 2.12. The summed E-state index contributed by atoms with van der Waals surface area (Å²) in [5, 5.41) is 3.54. The molecule has 0 amide bonds. The third-order valence-corrected chi connectivity index (χ3v) is 3.37. The van der Waals surface area contributed by atoms with Crippen molar-refractivity contribution in [1.29, 1.82) is 0 Å². The van der Waals surface area contributed by atoms with Gasteiger partial charge in [0.15, 0.2) is 0 Å². The van der Waals surface area contributed by atoms with Crippen LogP contribution in [0.5, 0.6) is 0 Å². The lowest BCUT2D eigenvalue weighted by atomic mass is 10.1. The van der Waals surface area contributed by atoms with Gasteiger partial charge in [0.2, 0.25) is 0 Å². The molecule has 0 saturated carbocycles. The summed E-state index contributed by atoms with van der Waals surface area (Å²) in [4.78, 5) is 2.45. The molecule has 1 atom stereocenters. The third-order valence-electron chi connectivity index (χ3n) is 3.37. The maximum absolute atomic E-state index is 5.40. The van der Waals surface area contributed by atoms with Gasteiger partial charge in [0.05, 0.1) is 6.61 Å². The van der Waals surface area contributed by atoms with Gasteiger partial charge >= 0.3 is 0 Å². The lowest BCUT2D eigenvalue weighted by Crippen LogP contribution is -2.47. The summed E-state index contributed by atoms with van der Waals surface area (Å²) in [6.45, 7) is 6.92. The summed E-state index contributed by atoms with van der Waals surface area (Å²) in [6.07, 6.45) is 3.48. The number of ether oxygens (including phenoxy) is 2. The fraction of sp³-hybridized carbons (Fsp3) is 1.00. The van der Waals surface area contributed by atoms with Crippen molar-refractivity contribution in [3.05, 3.63) is 0 Å². The largest absolute Gasteiger partial charge is 0.383 e. The Balaban J connectivity index is 2.30. The minimum Gasteiger partial charge on any atom is -0.383 e. The van der Waals surface area contributed by atoms with Crippen LogP contribution < -0.4 is 5.32 Å². The Morgan fingerprint density at radius 3 is 2.71 bits per heavy atom. The van der Waals surface area contributed by atoms with E-state index in [1.54, 1.807) is 7.11 Å². The van der Waals surface area contributed by atoms with E-state index in [0.717, 1.165) is 45.8 Å². The zero-order chi connectivity index (χ0) is 12.5. The summed E-state index contributed by atoms with van der Waals surface area (Å²) in [7, 11) is 3.99. The van der Waals surface area contributed by atoms with E-state index < -0.39 is 0 Å². The number of likely N-dealkylation sites (N-methyl/N-ethyl adjacent to an activating group) is 1. The zero-order valence-corrected chi connectivity index (χ0v) is 11.6. The quantitative estimate of drug-likeness (QED) is 0.693. The molecule has 17 heavy (non-hydrogen) atoms. The SMILES string of the molecule is CCCNC(COC)CN(C)C1CCOCC1. The van der Waals surface area contributed by atoms with E-state index in [2.05, 4.69) is 24.2 Å². The Hall–Kier alpha value is -0.160. The Kier molecular flexibility index (Phi) is 7.77. The highest BCUT2D eigenvalue weighted by atomic mass is 16.5. The number of hydrogen-bond acceptors (Lipinski definition) is 4. The van der Waals surface area contributed by atoms with E-state index in [4.69, 9.17) is 9.47 Å². The monoisotopic (exact) mass is 244 g/mol. The lowest BCUT2D eigenvalue weighted by molar-refractivity contribution is 0.0359. The average molecular weight is 244 g/mol. The fourth-order valence-electron chi connectivity index (χ4n) is 2.35. The standard InChI is InChI=1S/C13H28N2O2/c1-4-7-14-12(11-16-3)10-15(2)13-5-8-17-9-6-13/h12-14H,4-11H2,1-3H3. The molecule has 0 spiro atoms. The first-order chi connectivity index (χ1) is 8.27. The van der Waals surface area contributed by atoms with E-state index >= 15 is 0 Å². The highest BCUT2D eigenvalue weighted by Gasteiger charge is 2.20. The predicted molar refractivity (Wildman–Crippen MR) is 70.4 cm³/mol. The molecule has 1 unspecified atom stereocenters. The van der Waals surface area contributed by atoms with Gasteiger partial charge in [0.25, 0.3) is 0 Å². The van der Waals surface area contributed by atoms with Gasteiger partial charge in [0.1, 0.15) is 0 Å². The van der Waals surface area contributed by atoms with Gasteiger partial charge in [-0.1, -0.05) is 6.92 Å². The van der Waals surface area contributed by atoms with Crippen LogP contribution in [0.3, 0.4) is 0 Å². The highest BCUT2D eigenvalue weighted by molar-refractivity contribution is 4.77. The molecule has 1 saturated heterocycles. The Morgan fingerprint density at radius 1 is 1.41 bits per heavy atom. The molecule has 4 heteroatoms. The number of hydrogen-bond donors (Lipinski definition) is 1. The Labute approximate surface area is 106 Å². The fourth-order valence-corrected chi connectivity index (χ4v) is 2.35. The van der Waals surface area contributed by atoms with Crippen molar-refractivity contribution in [1.82, 2.24) is 10.2 Å². The molecule has 1 aliphatic rings. The van der Waals surface area contributed by atoms with Gasteiger partial charge in [-0.3, -0.25) is 0 Å². The van der Waals surface area contributed by atoms with Crippen molar-refractivity contribution in [2.75, 3.05) is 47.1 Å². The van der Waals surface area contributed by atoms with Crippen LogP contribution in [-0.4, -0.2) is 64.1 Å². The second-order valence-electron chi connectivity index (χ2n) is 4.89. The first kappa shape index (κ1) is 14.9. The van der Waals surface area contributed by atoms with Crippen LogP contribution >= 0.6 is 0 Å². The van der Waals surface area contributed by atoms with Gasteiger partial charge < -0.3 is 19.7 Å². The van der Waals surface area contributed by atoms with Gasteiger partial charge in [-0.2, -0.15) is 0 Å². The minimum atomic E-state index is 0.438. The molecule has 102 valence electrons. The van der Waals surface area contributed by atoms with E-state index in [-0.39, 0.29) is 0 Å². The van der Waals surface area contributed by atoms with Gasteiger partial charge in [-0.05, 0) is 32.9 Å². The number of methoxy groups -OCH3 is 1. The molecule has 4 nitrogen and oxygen atoms in total. The Bertz CT molecular complexity index is 184. The van der Waals surface area contributed by atoms with Crippen molar-refractivity contribution < 1.29 is 9.47 Å². The second kappa shape index (κ2) is 8.86. The molecule has 0 bridgehead atoms. The maximum atomic E-state index is 5.40. The van der Waals surface area contributed by atoms with E-state index in [1.807, 2.05) is 0 Å². The first-order valence-corrected chi connectivity index (χ1v) is 6.78. The maximum Gasteiger partial charge on any atom is 0.0628 e. The molecule has 1 aliphatic heterocycles. The van der Waals surface area contributed by atoms with E-state index in [9.17, 15) is 0 Å². The summed E-state index contributed by atoms with van der Waals surface area (Å²) in [5.41, 5.74) is 0. The molecule has 1 N–H and O–H groups in total. The van der Waals surface area contributed by atoms with Crippen LogP contribution in [0.1, 0.15) is 26.2 Å². The first-order valence-electron chi connectivity index (χ1n) is 6.78. The molecule has 0 aromatic heterocycles. The third kappa shape index (κ3) is 5.82. The second-order valence-corrected chi connectivity index (χ2v) is 4.89. The van der Waals surface area contributed by atoms with Crippen molar-refractivity contribution in [3.63, 3.8) is 0 Å². The van der Waals surface area contributed by atoms with Gasteiger partial charge in [-0.25, -0.2) is 0 Å². The molecule has 1 heterocycles. The molecule has 0 aliphatic carbocycles. The molecule has 1 rings (SSSR count). The van der Waals surface area contributed by atoms with Gasteiger partial charge in [0, 0.05) is 39.0 Å². The topological polar surface area (TPSA) is 33.7 Å². The van der Waals surface area contributed by atoms with Crippen molar-refractivity contribution in [3.8, 4) is 0 Å². The summed E-state index contributed by atoms with van der Waals surface area (Å²) in [6, 6.07) is 1.11. The van der Waals surface area contributed by atoms with Crippen LogP contribution in [0.15, 0.2) is 0 Å². The molecule has 1 fully saturated rings. The van der Waals surface area contributed by atoms with Crippen LogP contribution in [0.25, 0.3) is 0 Å². The number of nitrogens with zero attached hydrogens (tertiary/aromatic N) is 1. The van der Waals surface area contributed by atoms with E-state index in [1.165, 1.54) is 6.42 Å². The van der Waals surface area contributed by atoms with E-state index in [0.29, 0.717) is 12.1 Å².